The van der Waals surface area contributed by atoms with Crippen molar-refractivity contribution in [1.82, 2.24) is 24.9 Å². The van der Waals surface area contributed by atoms with Crippen molar-refractivity contribution in [2.24, 2.45) is 0 Å². The molecular weight excluding hydrogens is 382 g/mol. The van der Waals surface area contributed by atoms with Gasteiger partial charge in [0.05, 0.1) is 11.8 Å². The number of hydrogen-bond acceptors (Lipinski definition) is 6. The predicted octanol–water partition coefficient (Wildman–Crippen LogP) is 2.25. The van der Waals surface area contributed by atoms with E-state index in [0.717, 1.165) is 5.56 Å². The van der Waals surface area contributed by atoms with Crippen molar-refractivity contribution in [2.75, 3.05) is 17.3 Å². The van der Waals surface area contributed by atoms with E-state index in [9.17, 15) is 9.59 Å². The number of fused-ring (bicyclic) bond motifs is 2. The smallest absolute Gasteiger partial charge is 0.261 e. The Morgan fingerprint density at radius 1 is 1.13 bits per heavy atom. The van der Waals surface area contributed by atoms with E-state index in [1.54, 1.807) is 47.4 Å². The summed E-state index contributed by atoms with van der Waals surface area (Å²) in [4.78, 5) is 35.7. The maximum absolute atomic E-state index is 12.8. The Morgan fingerprint density at radius 2 is 2.00 bits per heavy atom. The average molecular weight is 399 g/mol. The first-order valence-electron chi connectivity index (χ1n) is 9.30. The first kappa shape index (κ1) is 17.8. The van der Waals surface area contributed by atoms with Crippen LogP contribution in [0.25, 0.3) is 5.65 Å². The Hall–Kier alpha value is -4.27. The molecule has 0 saturated heterocycles. The van der Waals surface area contributed by atoms with Crippen LogP contribution in [-0.2, 0) is 0 Å². The Morgan fingerprint density at radius 3 is 2.90 bits per heavy atom. The number of benzene rings is 1. The molecule has 4 aromatic rings. The Kier molecular flexibility index (Phi) is 4.13. The molecule has 2 N–H and O–H groups in total. The number of amides is 2. The lowest BCUT2D eigenvalue weighted by Gasteiger charge is -2.35. The molecule has 0 aliphatic carbocycles. The van der Waals surface area contributed by atoms with Crippen LogP contribution in [0.15, 0.2) is 67.3 Å². The molecule has 4 heterocycles. The van der Waals surface area contributed by atoms with E-state index in [1.807, 2.05) is 30.1 Å². The molecule has 1 atom stereocenters. The van der Waals surface area contributed by atoms with E-state index >= 15 is 0 Å². The molecule has 9 heteroatoms. The summed E-state index contributed by atoms with van der Waals surface area (Å²) < 4.78 is 1.54. The van der Waals surface area contributed by atoms with Gasteiger partial charge in [0.15, 0.2) is 5.65 Å². The highest BCUT2D eigenvalue weighted by Crippen LogP contribution is 2.30. The summed E-state index contributed by atoms with van der Waals surface area (Å²) in [7, 11) is 1.87. The average Bonchev–Trinajstić information content (AvgIpc) is 3.21. The quantitative estimate of drug-likeness (QED) is 0.548. The van der Waals surface area contributed by atoms with E-state index in [4.69, 9.17) is 0 Å². The number of hydrogen-bond donors (Lipinski definition) is 2. The molecule has 1 aromatic carbocycles. The minimum atomic E-state index is -0.407. The molecule has 1 aliphatic heterocycles. The summed E-state index contributed by atoms with van der Waals surface area (Å²) in [5.41, 5.74) is 2.80. The van der Waals surface area contributed by atoms with Gasteiger partial charge in [0.2, 0.25) is 0 Å². The molecule has 2 amide bonds. The number of carbonyl (C=O) groups is 2. The zero-order chi connectivity index (χ0) is 20.7. The second-order valence-electron chi connectivity index (χ2n) is 6.89. The van der Waals surface area contributed by atoms with E-state index < -0.39 is 6.17 Å². The highest BCUT2D eigenvalue weighted by atomic mass is 16.2. The Labute approximate surface area is 171 Å². The fourth-order valence-electron chi connectivity index (χ4n) is 3.56. The van der Waals surface area contributed by atoms with Crippen molar-refractivity contribution in [2.45, 2.75) is 6.17 Å². The van der Waals surface area contributed by atoms with Gasteiger partial charge in [0.1, 0.15) is 17.5 Å². The van der Waals surface area contributed by atoms with Gasteiger partial charge in [-0.2, -0.15) is 5.10 Å². The number of rotatable bonds is 3. The Balaban J connectivity index is 1.42. The van der Waals surface area contributed by atoms with E-state index in [1.165, 1.54) is 6.20 Å². The molecular formula is C21H17N7O2. The van der Waals surface area contributed by atoms with Crippen molar-refractivity contribution in [3.8, 4) is 0 Å². The van der Waals surface area contributed by atoms with Gasteiger partial charge in [-0.05, 0) is 35.9 Å². The minimum Gasteiger partial charge on any atom is -0.335 e. The number of aromatic nitrogens is 4. The van der Waals surface area contributed by atoms with Crippen molar-refractivity contribution in [1.29, 1.82) is 0 Å². The monoisotopic (exact) mass is 399 g/mol. The summed E-state index contributed by atoms with van der Waals surface area (Å²) in [6.45, 7) is 0. The molecule has 1 unspecified atom stereocenters. The third kappa shape index (κ3) is 2.93. The molecule has 1 aliphatic rings. The third-order valence-corrected chi connectivity index (χ3v) is 5.00. The third-order valence-electron chi connectivity index (χ3n) is 5.00. The number of anilines is 2. The predicted molar refractivity (Wildman–Crippen MR) is 110 cm³/mol. The van der Waals surface area contributed by atoms with Crippen molar-refractivity contribution in [3.05, 3.63) is 83.9 Å². The number of nitrogens with one attached hydrogen (secondary N) is 2. The van der Waals surface area contributed by atoms with E-state index in [-0.39, 0.29) is 11.8 Å². The van der Waals surface area contributed by atoms with E-state index in [2.05, 4.69) is 25.7 Å². The van der Waals surface area contributed by atoms with Gasteiger partial charge < -0.3 is 15.5 Å². The van der Waals surface area contributed by atoms with Gasteiger partial charge >= 0.3 is 0 Å². The van der Waals surface area contributed by atoms with Crippen molar-refractivity contribution in [3.63, 3.8) is 0 Å². The lowest BCUT2D eigenvalue weighted by atomic mass is 10.1. The number of pyridine rings is 1. The van der Waals surface area contributed by atoms with E-state index in [0.29, 0.717) is 28.3 Å². The van der Waals surface area contributed by atoms with Gasteiger partial charge in [-0.25, -0.2) is 14.5 Å². The summed E-state index contributed by atoms with van der Waals surface area (Å²) in [5.74, 6) is 0.111. The summed E-state index contributed by atoms with van der Waals surface area (Å²) in [5, 5.41) is 10.0. The van der Waals surface area contributed by atoms with Crippen molar-refractivity contribution < 1.29 is 9.59 Å². The first-order chi connectivity index (χ1) is 14.6. The molecule has 0 fully saturated rings. The van der Waals surface area contributed by atoms with Crippen LogP contribution >= 0.6 is 0 Å². The molecule has 0 saturated carbocycles. The second-order valence-corrected chi connectivity index (χ2v) is 6.89. The maximum Gasteiger partial charge on any atom is 0.261 e. The van der Waals surface area contributed by atoms with Crippen LogP contribution in [-0.4, -0.2) is 38.4 Å². The standard InChI is InChI=1S/C21H17N7O2/c1-27-17(26-20(29)15-7-3-8-22-18(15)27)13-5-2-6-14(11-13)25-21(30)16-12-24-28-10-4-9-23-19(16)28/h2-12,17H,1H3,(H,25,30)(H,26,29). The normalized spacial score (nSPS) is 15.6. The maximum atomic E-state index is 12.8. The van der Waals surface area contributed by atoms with Gasteiger partial charge in [-0.1, -0.05) is 12.1 Å². The molecule has 30 heavy (non-hydrogen) atoms. The number of nitrogens with zero attached hydrogens (tertiary/aromatic N) is 5. The molecule has 3 aromatic heterocycles. The molecule has 5 rings (SSSR count). The highest BCUT2D eigenvalue weighted by molar-refractivity contribution is 6.08. The van der Waals surface area contributed by atoms with Crippen molar-refractivity contribution >= 4 is 29.0 Å². The fraction of sp³-hybridized carbons (Fsp3) is 0.0952. The van der Waals surface area contributed by atoms with Gasteiger partial charge in [-0.15, -0.1) is 0 Å². The van der Waals surface area contributed by atoms with Crippen LogP contribution in [0.1, 0.15) is 32.4 Å². The lowest BCUT2D eigenvalue weighted by Crippen LogP contribution is -2.45. The van der Waals surface area contributed by atoms with Crippen LogP contribution in [0.3, 0.4) is 0 Å². The second kappa shape index (κ2) is 6.96. The zero-order valence-electron chi connectivity index (χ0n) is 16.0. The molecule has 0 bridgehead atoms. The van der Waals surface area contributed by atoms with Gasteiger partial charge in [0, 0.05) is 31.3 Å². The SMILES string of the molecule is CN1c2ncccc2C(=O)NC1c1cccc(NC(=O)c2cnn3cccnc23)c1. The topological polar surface area (TPSA) is 105 Å². The zero-order valence-corrected chi connectivity index (χ0v) is 16.0. The van der Waals surface area contributed by atoms with Crippen LogP contribution in [0.2, 0.25) is 0 Å². The minimum absolute atomic E-state index is 0.187. The fourth-order valence-corrected chi connectivity index (χ4v) is 3.56. The first-order valence-corrected chi connectivity index (χ1v) is 9.30. The molecule has 9 nitrogen and oxygen atoms in total. The summed E-state index contributed by atoms with van der Waals surface area (Å²) in [6, 6.07) is 12.6. The van der Waals surface area contributed by atoms with Gasteiger partial charge in [0.25, 0.3) is 11.8 Å². The number of carbonyl (C=O) groups excluding carboxylic acids is 2. The largest absolute Gasteiger partial charge is 0.335 e. The highest BCUT2D eigenvalue weighted by Gasteiger charge is 2.30. The molecule has 0 spiro atoms. The molecule has 0 radical (unpaired) electrons. The van der Waals surface area contributed by atoms with Crippen LogP contribution in [0.4, 0.5) is 11.5 Å². The lowest BCUT2D eigenvalue weighted by molar-refractivity contribution is 0.0926. The molecule has 148 valence electrons. The van der Waals surface area contributed by atoms with Crippen LogP contribution in [0, 0.1) is 0 Å². The van der Waals surface area contributed by atoms with Gasteiger partial charge in [-0.3, -0.25) is 9.59 Å². The summed E-state index contributed by atoms with van der Waals surface area (Å²) >= 11 is 0. The summed E-state index contributed by atoms with van der Waals surface area (Å²) in [6.07, 6.45) is 6.08. The van der Waals surface area contributed by atoms with Crippen LogP contribution in [0.5, 0.6) is 0 Å². The Bertz CT molecular complexity index is 1280. The van der Waals surface area contributed by atoms with Crippen LogP contribution < -0.4 is 15.5 Å².